The normalized spacial score (nSPS) is 28.7. The molecule has 0 bridgehead atoms. The highest BCUT2D eigenvalue weighted by molar-refractivity contribution is 6.21. The van der Waals surface area contributed by atoms with Gasteiger partial charge in [-0.05, 0) is 12.0 Å². The summed E-state index contributed by atoms with van der Waals surface area (Å²) in [5, 5.41) is 0.233. The Morgan fingerprint density at radius 2 is 2.00 bits per heavy atom. The van der Waals surface area contributed by atoms with Crippen LogP contribution < -0.4 is 0 Å². The topological polar surface area (TPSA) is 9.23 Å². The average molecular weight is 197 g/mol. The lowest BCUT2D eigenvalue weighted by Crippen LogP contribution is -2.26. The van der Waals surface area contributed by atoms with Crippen LogP contribution in [0.15, 0.2) is 30.3 Å². The van der Waals surface area contributed by atoms with Gasteiger partial charge in [-0.1, -0.05) is 30.3 Å². The molecular formula is C11H13ClO. The molecule has 0 spiro atoms. The minimum absolute atomic E-state index is 0.233. The molecule has 0 aliphatic carbocycles. The molecular weight excluding hydrogens is 184 g/mol. The van der Waals surface area contributed by atoms with Gasteiger partial charge in [0.25, 0.3) is 0 Å². The molecule has 1 aliphatic heterocycles. The van der Waals surface area contributed by atoms with Crippen LogP contribution in [0.25, 0.3) is 0 Å². The maximum atomic E-state index is 6.24. The van der Waals surface area contributed by atoms with Gasteiger partial charge in [-0.15, -0.1) is 11.6 Å². The minimum Gasteiger partial charge on any atom is -0.381 e. The van der Waals surface area contributed by atoms with Crippen molar-refractivity contribution >= 4 is 11.6 Å². The van der Waals surface area contributed by atoms with Crippen molar-refractivity contribution in [2.45, 2.75) is 17.7 Å². The fourth-order valence-corrected chi connectivity index (χ4v) is 2.02. The van der Waals surface area contributed by atoms with Crippen LogP contribution in [-0.2, 0) is 4.74 Å². The third kappa shape index (κ3) is 2.04. The number of hydrogen-bond donors (Lipinski definition) is 0. The van der Waals surface area contributed by atoms with E-state index in [1.807, 2.05) is 18.2 Å². The molecule has 0 amide bonds. The molecule has 0 radical (unpaired) electrons. The minimum atomic E-state index is 0.233. The van der Waals surface area contributed by atoms with E-state index >= 15 is 0 Å². The Kier molecular flexibility index (Phi) is 2.87. The number of halogens is 1. The van der Waals surface area contributed by atoms with Crippen LogP contribution in [0.4, 0.5) is 0 Å². The fraction of sp³-hybridized carbons (Fsp3) is 0.455. The fourth-order valence-electron chi connectivity index (χ4n) is 1.72. The first-order valence-corrected chi connectivity index (χ1v) is 5.08. The summed E-state index contributed by atoms with van der Waals surface area (Å²) in [5.41, 5.74) is 1.29. The van der Waals surface area contributed by atoms with Crippen LogP contribution in [0.3, 0.4) is 0 Å². The standard InChI is InChI=1S/C11H13ClO/c12-11-6-7-13-8-10(11)9-4-2-1-3-5-9/h1-5,10-11H,6-8H2. The summed E-state index contributed by atoms with van der Waals surface area (Å²) in [6.07, 6.45) is 0.959. The van der Waals surface area contributed by atoms with Gasteiger partial charge in [0.15, 0.2) is 0 Å². The van der Waals surface area contributed by atoms with Crippen LogP contribution in [0.5, 0.6) is 0 Å². The van der Waals surface area contributed by atoms with Gasteiger partial charge in [0, 0.05) is 17.9 Å². The lowest BCUT2D eigenvalue weighted by Gasteiger charge is -2.27. The van der Waals surface area contributed by atoms with Crippen molar-refractivity contribution in [2.75, 3.05) is 13.2 Å². The predicted octanol–water partition coefficient (Wildman–Crippen LogP) is 2.80. The highest BCUT2D eigenvalue weighted by Crippen LogP contribution is 2.29. The average Bonchev–Trinajstić information content (AvgIpc) is 2.20. The third-order valence-corrected chi connectivity index (χ3v) is 3.02. The molecule has 1 aromatic carbocycles. The summed E-state index contributed by atoms with van der Waals surface area (Å²) in [7, 11) is 0. The van der Waals surface area contributed by atoms with E-state index in [9.17, 15) is 0 Å². The van der Waals surface area contributed by atoms with E-state index in [0.29, 0.717) is 5.92 Å². The Morgan fingerprint density at radius 3 is 2.69 bits per heavy atom. The van der Waals surface area contributed by atoms with Gasteiger partial charge in [0.2, 0.25) is 0 Å². The van der Waals surface area contributed by atoms with Crippen LogP contribution in [0.1, 0.15) is 17.9 Å². The van der Waals surface area contributed by atoms with Gasteiger partial charge < -0.3 is 4.74 Å². The van der Waals surface area contributed by atoms with E-state index in [1.54, 1.807) is 0 Å². The van der Waals surface area contributed by atoms with Gasteiger partial charge in [0.1, 0.15) is 0 Å². The Hall–Kier alpha value is -0.530. The van der Waals surface area contributed by atoms with Crippen molar-refractivity contribution < 1.29 is 4.74 Å². The SMILES string of the molecule is ClC1CCOCC1c1ccccc1. The molecule has 1 heterocycles. The Labute approximate surface area is 83.7 Å². The van der Waals surface area contributed by atoms with E-state index in [1.165, 1.54) is 5.56 Å². The third-order valence-electron chi connectivity index (χ3n) is 2.50. The largest absolute Gasteiger partial charge is 0.381 e. The van der Waals surface area contributed by atoms with E-state index in [-0.39, 0.29) is 5.38 Å². The lowest BCUT2D eigenvalue weighted by atomic mass is 9.93. The van der Waals surface area contributed by atoms with E-state index in [0.717, 1.165) is 19.6 Å². The molecule has 1 aliphatic rings. The van der Waals surface area contributed by atoms with Gasteiger partial charge in [-0.2, -0.15) is 0 Å². The number of alkyl halides is 1. The Morgan fingerprint density at radius 1 is 1.23 bits per heavy atom. The van der Waals surface area contributed by atoms with E-state index in [4.69, 9.17) is 16.3 Å². The quantitative estimate of drug-likeness (QED) is 0.628. The molecule has 1 fully saturated rings. The molecule has 2 rings (SSSR count). The maximum absolute atomic E-state index is 6.24. The second-order valence-electron chi connectivity index (χ2n) is 3.40. The number of ether oxygens (including phenoxy) is 1. The van der Waals surface area contributed by atoms with Gasteiger partial charge >= 0.3 is 0 Å². The van der Waals surface area contributed by atoms with Crippen LogP contribution >= 0.6 is 11.6 Å². The molecule has 1 saturated heterocycles. The first-order chi connectivity index (χ1) is 6.38. The molecule has 0 saturated carbocycles. The zero-order chi connectivity index (χ0) is 9.10. The zero-order valence-electron chi connectivity index (χ0n) is 7.45. The van der Waals surface area contributed by atoms with Crippen molar-refractivity contribution in [2.24, 2.45) is 0 Å². The van der Waals surface area contributed by atoms with Gasteiger partial charge in [-0.25, -0.2) is 0 Å². The van der Waals surface area contributed by atoms with E-state index < -0.39 is 0 Å². The van der Waals surface area contributed by atoms with Gasteiger partial charge in [0.05, 0.1) is 6.61 Å². The summed E-state index contributed by atoms with van der Waals surface area (Å²) in [5.74, 6) is 0.372. The second kappa shape index (κ2) is 4.12. The van der Waals surface area contributed by atoms with Crippen molar-refractivity contribution in [1.29, 1.82) is 0 Å². The molecule has 0 aromatic heterocycles. The molecule has 1 aromatic rings. The molecule has 13 heavy (non-hydrogen) atoms. The highest BCUT2D eigenvalue weighted by atomic mass is 35.5. The summed E-state index contributed by atoms with van der Waals surface area (Å²) >= 11 is 6.24. The Bertz CT molecular complexity index is 260. The first-order valence-electron chi connectivity index (χ1n) is 4.64. The lowest BCUT2D eigenvalue weighted by molar-refractivity contribution is 0.0828. The molecule has 2 atom stereocenters. The summed E-state index contributed by atoms with van der Waals surface area (Å²) in [6.45, 7) is 1.57. The van der Waals surface area contributed by atoms with E-state index in [2.05, 4.69) is 12.1 Å². The molecule has 70 valence electrons. The smallest absolute Gasteiger partial charge is 0.0548 e. The molecule has 0 N–H and O–H groups in total. The van der Waals surface area contributed by atoms with Crippen molar-refractivity contribution in [1.82, 2.24) is 0 Å². The zero-order valence-corrected chi connectivity index (χ0v) is 8.20. The molecule has 1 nitrogen and oxygen atoms in total. The van der Waals surface area contributed by atoms with Crippen molar-refractivity contribution in [3.8, 4) is 0 Å². The monoisotopic (exact) mass is 196 g/mol. The summed E-state index contributed by atoms with van der Waals surface area (Å²) in [6, 6.07) is 10.4. The predicted molar refractivity (Wildman–Crippen MR) is 54.3 cm³/mol. The number of benzene rings is 1. The van der Waals surface area contributed by atoms with Crippen molar-refractivity contribution in [3.63, 3.8) is 0 Å². The first kappa shape index (κ1) is 9.04. The molecule has 2 heteroatoms. The van der Waals surface area contributed by atoms with Crippen LogP contribution in [-0.4, -0.2) is 18.6 Å². The Balaban J connectivity index is 2.15. The molecule has 2 unspecified atom stereocenters. The van der Waals surface area contributed by atoms with Crippen LogP contribution in [0.2, 0.25) is 0 Å². The van der Waals surface area contributed by atoms with Crippen molar-refractivity contribution in [3.05, 3.63) is 35.9 Å². The maximum Gasteiger partial charge on any atom is 0.0548 e. The highest BCUT2D eigenvalue weighted by Gasteiger charge is 2.24. The second-order valence-corrected chi connectivity index (χ2v) is 3.96. The summed E-state index contributed by atoms with van der Waals surface area (Å²) < 4.78 is 5.42. The number of rotatable bonds is 1. The van der Waals surface area contributed by atoms with Gasteiger partial charge in [-0.3, -0.25) is 0 Å². The van der Waals surface area contributed by atoms with Crippen LogP contribution in [0, 0.1) is 0 Å². The summed E-state index contributed by atoms with van der Waals surface area (Å²) in [4.78, 5) is 0. The number of hydrogen-bond acceptors (Lipinski definition) is 1.